The van der Waals surface area contributed by atoms with Gasteiger partial charge in [-0.15, -0.1) is 0 Å². The van der Waals surface area contributed by atoms with E-state index in [1.165, 1.54) is 7.11 Å². The zero-order valence-electron chi connectivity index (χ0n) is 16.1. The van der Waals surface area contributed by atoms with Crippen molar-refractivity contribution < 1.29 is 27.8 Å². The molecule has 0 aliphatic rings. The molecule has 2 aromatic rings. The lowest BCUT2D eigenvalue weighted by Gasteiger charge is -2.14. The molecular formula is C20H23ClF2N2O4. The minimum Gasteiger partial charge on any atom is -0.493 e. The summed E-state index contributed by atoms with van der Waals surface area (Å²) in [7, 11) is 1.51. The third-order valence-electron chi connectivity index (χ3n) is 3.76. The third-order valence-corrected chi connectivity index (χ3v) is 4.04. The Bertz CT molecular complexity index is 821. The van der Waals surface area contributed by atoms with Crippen molar-refractivity contribution in [2.24, 2.45) is 0 Å². The lowest BCUT2D eigenvalue weighted by molar-refractivity contribution is 0.0818. The van der Waals surface area contributed by atoms with Crippen LogP contribution < -0.4 is 24.8 Å². The number of hydrogen-bond acceptors (Lipinski definition) is 4. The molecule has 0 saturated carbocycles. The highest BCUT2D eigenvalue weighted by atomic mass is 35.5. The molecule has 0 aliphatic heterocycles. The number of urea groups is 1. The highest BCUT2D eigenvalue weighted by Gasteiger charge is 2.12. The van der Waals surface area contributed by atoms with Crippen LogP contribution in [0.15, 0.2) is 36.4 Å². The van der Waals surface area contributed by atoms with E-state index in [1.807, 2.05) is 6.92 Å². The average molecular weight is 429 g/mol. The van der Waals surface area contributed by atoms with E-state index in [2.05, 4.69) is 10.6 Å². The van der Waals surface area contributed by atoms with Gasteiger partial charge in [-0.3, -0.25) is 0 Å². The van der Waals surface area contributed by atoms with Crippen molar-refractivity contribution in [2.45, 2.75) is 26.4 Å². The molecule has 2 amide bonds. The van der Waals surface area contributed by atoms with E-state index in [0.29, 0.717) is 28.9 Å². The largest absolute Gasteiger partial charge is 0.493 e. The first-order valence-electron chi connectivity index (χ1n) is 8.93. The lowest BCUT2D eigenvalue weighted by Crippen LogP contribution is -2.34. The number of benzene rings is 2. The minimum atomic E-state index is -2.54. The molecule has 2 aromatic carbocycles. The maximum atomic E-state index is 12.2. The number of halogens is 3. The number of carbonyl (C=O) groups is 1. The maximum Gasteiger partial charge on any atom is 0.315 e. The summed E-state index contributed by atoms with van der Waals surface area (Å²) in [5, 5.41) is 5.80. The zero-order valence-corrected chi connectivity index (χ0v) is 16.9. The molecule has 29 heavy (non-hydrogen) atoms. The number of hydrogen-bond donors (Lipinski definition) is 2. The number of alkyl halides is 2. The van der Waals surface area contributed by atoms with Gasteiger partial charge in [0.15, 0.2) is 11.5 Å². The van der Waals surface area contributed by atoms with Crippen LogP contribution in [0.25, 0.3) is 0 Å². The summed E-state index contributed by atoms with van der Waals surface area (Å²) < 4.78 is 40.1. The standard InChI is InChI=1S/C20H23ClF2N2O4/c1-3-28-19-16(21)8-14(9-17(19)27-2)11-25-20(26)24-10-13-5-4-6-15(7-13)29-12-18(22)23/h4-9,18H,3,10-12H2,1-2H3,(H2,24,25,26). The van der Waals surface area contributed by atoms with Gasteiger partial charge in [0.05, 0.1) is 18.7 Å². The molecule has 0 saturated heterocycles. The van der Waals surface area contributed by atoms with Crippen LogP contribution >= 0.6 is 11.6 Å². The normalized spacial score (nSPS) is 10.6. The molecule has 0 unspecified atom stereocenters. The number of carbonyl (C=O) groups excluding carboxylic acids is 1. The molecule has 0 fully saturated rings. The van der Waals surface area contributed by atoms with Crippen molar-refractivity contribution >= 4 is 17.6 Å². The number of ether oxygens (including phenoxy) is 3. The smallest absolute Gasteiger partial charge is 0.315 e. The second-order valence-electron chi connectivity index (χ2n) is 5.93. The molecule has 2 N–H and O–H groups in total. The first-order valence-corrected chi connectivity index (χ1v) is 9.31. The highest BCUT2D eigenvalue weighted by Crippen LogP contribution is 2.36. The Kier molecular flexibility index (Phi) is 8.79. The predicted octanol–water partition coefficient (Wildman–Crippen LogP) is 4.39. The van der Waals surface area contributed by atoms with Crippen LogP contribution in [-0.2, 0) is 13.1 Å². The fourth-order valence-corrected chi connectivity index (χ4v) is 2.78. The Labute approximate surface area is 173 Å². The zero-order chi connectivity index (χ0) is 21.2. The van der Waals surface area contributed by atoms with E-state index in [9.17, 15) is 13.6 Å². The third kappa shape index (κ3) is 7.30. The molecule has 158 valence electrons. The quantitative estimate of drug-likeness (QED) is 0.589. The summed E-state index contributed by atoms with van der Waals surface area (Å²) in [6, 6.07) is 9.64. The second kappa shape index (κ2) is 11.3. The number of methoxy groups -OCH3 is 1. The fraction of sp³-hybridized carbons (Fsp3) is 0.350. The Morgan fingerprint density at radius 3 is 2.48 bits per heavy atom. The highest BCUT2D eigenvalue weighted by molar-refractivity contribution is 6.32. The summed E-state index contributed by atoms with van der Waals surface area (Å²) in [6.07, 6.45) is -2.54. The Morgan fingerprint density at radius 2 is 1.83 bits per heavy atom. The molecule has 0 atom stereocenters. The van der Waals surface area contributed by atoms with Gasteiger partial charge < -0.3 is 24.8 Å². The van der Waals surface area contributed by atoms with Gasteiger partial charge >= 0.3 is 6.03 Å². The predicted molar refractivity (Wildman–Crippen MR) is 106 cm³/mol. The van der Waals surface area contributed by atoms with Crippen LogP contribution in [-0.4, -0.2) is 32.8 Å². The van der Waals surface area contributed by atoms with Crippen molar-refractivity contribution in [3.63, 3.8) is 0 Å². The van der Waals surface area contributed by atoms with Crippen LogP contribution in [0.1, 0.15) is 18.1 Å². The number of nitrogens with one attached hydrogen (secondary N) is 2. The van der Waals surface area contributed by atoms with Crippen molar-refractivity contribution in [2.75, 3.05) is 20.3 Å². The topological polar surface area (TPSA) is 68.8 Å². The van der Waals surface area contributed by atoms with Gasteiger partial charge in [-0.05, 0) is 42.3 Å². The molecule has 0 aliphatic carbocycles. The Balaban J connectivity index is 1.87. The minimum absolute atomic E-state index is 0.213. The van der Waals surface area contributed by atoms with Crippen molar-refractivity contribution in [3.05, 3.63) is 52.5 Å². The van der Waals surface area contributed by atoms with Gasteiger partial charge in [0.2, 0.25) is 0 Å². The number of amides is 2. The van der Waals surface area contributed by atoms with E-state index in [0.717, 1.165) is 11.1 Å². The maximum absolute atomic E-state index is 12.2. The monoisotopic (exact) mass is 428 g/mol. The summed E-state index contributed by atoms with van der Waals surface area (Å²) in [6.45, 7) is 2.06. The summed E-state index contributed by atoms with van der Waals surface area (Å²) in [5.74, 6) is 1.26. The lowest BCUT2D eigenvalue weighted by atomic mass is 10.2. The Hall–Kier alpha value is -2.74. The van der Waals surface area contributed by atoms with Crippen molar-refractivity contribution in [3.8, 4) is 17.2 Å². The molecule has 2 rings (SSSR count). The van der Waals surface area contributed by atoms with E-state index in [-0.39, 0.29) is 13.1 Å². The van der Waals surface area contributed by atoms with Gasteiger partial charge in [-0.25, -0.2) is 13.6 Å². The van der Waals surface area contributed by atoms with E-state index < -0.39 is 19.1 Å². The van der Waals surface area contributed by atoms with Crippen LogP contribution in [0.3, 0.4) is 0 Å². The molecule has 9 heteroatoms. The second-order valence-corrected chi connectivity index (χ2v) is 6.33. The van der Waals surface area contributed by atoms with Crippen molar-refractivity contribution in [1.82, 2.24) is 10.6 Å². The Morgan fingerprint density at radius 1 is 1.10 bits per heavy atom. The van der Waals surface area contributed by atoms with Gasteiger partial charge in [0.25, 0.3) is 6.43 Å². The van der Waals surface area contributed by atoms with Crippen LogP contribution in [0, 0.1) is 0 Å². The van der Waals surface area contributed by atoms with E-state index in [1.54, 1.807) is 36.4 Å². The molecule has 0 radical (unpaired) electrons. The molecular weight excluding hydrogens is 406 g/mol. The molecule has 0 bridgehead atoms. The molecule has 6 nitrogen and oxygen atoms in total. The van der Waals surface area contributed by atoms with Gasteiger partial charge in [0, 0.05) is 13.1 Å². The summed E-state index contributed by atoms with van der Waals surface area (Å²) in [5.41, 5.74) is 1.46. The molecule has 0 spiro atoms. The first kappa shape index (κ1) is 22.5. The van der Waals surface area contributed by atoms with Crippen molar-refractivity contribution in [1.29, 1.82) is 0 Å². The van der Waals surface area contributed by atoms with Crippen LogP contribution in [0.5, 0.6) is 17.2 Å². The average Bonchev–Trinajstić information content (AvgIpc) is 2.71. The molecule has 0 heterocycles. The summed E-state index contributed by atoms with van der Waals surface area (Å²) >= 11 is 6.22. The van der Waals surface area contributed by atoms with Gasteiger partial charge in [-0.2, -0.15) is 0 Å². The van der Waals surface area contributed by atoms with Gasteiger partial charge in [-0.1, -0.05) is 23.7 Å². The first-order chi connectivity index (χ1) is 13.9. The van der Waals surface area contributed by atoms with Crippen LogP contribution in [0.4, 0.5) is 13.6 Å². The van der Waals surface area contributed by atoms with Gasteiger partial charge in [0.1, 0.15) is 12.4 Å². The SMILES string of the molecule is CCOc1c(Cl)cc(CNC(=O)NCc2cccc(OCC(F)F)c2)cc1OC. The summed E-state index contributed by atoms with van der Waals surface area (Å²) in [4.78, 5) is 12.1. The fourth-order valence-electron chi connectivity index (χ4n) is 2.49. The van der Waals surface area contributed by atoms with E-state index in [4.69, 9.17) is 25.8 Å². The number of rotatable bonds is 10. The van der Waals surface area contributed by atoms with Crippen LogP contribution in [0.2, 0.25) is 5.02 Å². The molecule has 0 aromatic heterocycles. The van der Waals surface area contributed by atoms with E-state index >= 15 is 0 Å².